The van der Waals surface area contributed by atoms with Gasteiger partial charge in [0.1, 0.15) is 64.3 Å². The molecular weight excluding hydrogens is 692 g/mol. The molecule has 14 heteroatoms. The van der Waals surface area contributed by atoms with E-state index in [0.717, 1.165) is 0 Å². The Morgan fingerprint density at radius 1 is 0.491 bits per heavy atom. The van der Waals surface area contributed by atoms with Crippen LogP contribution in [0.1, 0.15) is 51.4 Å². The fourth-order valence-corrected chi connectivity index (χ4v) is 5.17. The third-order valence-corrected chi connectivity index (χ3v) is 7.97. The Hall–Kier alpha value is -6.35. The molecule has 0 unspecified atom stereocenters. The van der Waals surface area contributed by atoms with Gasteiger partial charge < -0.3 is 70.4 Å². The molecule has 0 heterocycles. The number of aliphatic hydroxyl groups is 1. The summed E-state index contributed by atoms with van der Waals surface area (Å²) in [6.45, 7) is 2.81. The second kappa shape index (κ2) is 19.3. The monoisotopic (exact) mass is 734 g/mol. The van der Waals surface area contributed by atoms with Crippen molar-refractivity contribution < 1.29 is 70.4 Å². The van der Waals surface area contributed by atoms with Crippen LogP contribution in [-0.4, -0.2) is 63.0 Å². The molecule has 0 atom stereocenters. The standard InChI is InChI=1S/C32H34O11.C6H6O2.CH2O/c1-2-18-9-21(32(41)25(30(18)39)16-42-13-19-3-5-22(34)11-27(19)36)10-23-26(35)6-4-20(31(23)40)14-43-15-24-28(37)7-17(12-33)8-29(24)38;7-5-2-1-3-6(8)4-5;1-2/h3-9,11,33-41H,2,10,12-16H2,1H3;1-4,7-8H;1H2. The van der Waals surface area contributed by atoms with Gasteiger partial charge in [-0.2, -0.15) is 0 Å². The minimum Gasteiger partial charge on any atom is -0.508 e. The average Bonchev–Trinajstić information content (AvgIpc) is 3.12. The Kier molecular flexibility index (Phi) is 15.0. The van der Waals surface area contributed by atoms with Crippen molar-refractivity contribution >= 4 is 6.79 Å². The molecule has 0 aliphatic heterocycles. The van der Waals surface area contributed by atoms with Crippen molar-refractivity contribution in [1.82, 2.24) is 0 Å². The van der Waals surface area contributed by atoms with E-state index in [4.69, 9.17) is 24.5 Å². The summed E-state index contributed by atoms with van der Waals surface area (Å²) in [5, 5.41) is 110. The first-order chi connectivity index (χ1) is 25.3. The SMILES string of the molecule is C=O.CCc1cc(Cc2c(O)ccc(COCc3c(O)cc(CO)cc3O)c2O)c(O)c(COCc2ccc(O)cc2O)c1O.Oc1cccc(O)c1. The topological polar surface area (TPSA) is 258 Å². The van der Waals surface area contributed by atoms with E-state index >= 15 is 0 Å². The molecule has 14 nitrogen and oxygen atoms in total. The summed E-state index contributed by atoms with van der Waals surface area (Å²) >= 11 is 0. The zero-order chi connectivity index (χ0) is 39.2. The first-order valence-corrected chi connectivity index (χ1v) is 16.0. The molecule has 5 rings (SSSR count). The molecule has 0 spiro atoms. The molecule has 0 aliphatic carbocycles. The Morgan fingerprint density at radius 2 is 1.02 bits per heavy atom. The fourth-order valence-electron chi connectivity index (χ4n) is 5.17. The lowest BCUT2D eigenvalue weighted by atomic mass is 9.94. The van der Waals surface area contributed by atoms with Gasteiger partial charge >= 0.3 is 0 Å². The summed E-state index contributed by atoms with van der Waals surface area (Å²) in [5.41, 5.74) is 2.13. The quantitative estimate of drug-likeness (QED) is 0.0775. The van der Waals surface area contributed by atoms with Crippen molar-refractivity contribution in [2.75, 3.05) is 0 Å². The number of hydrogen-bond donors (Lipinski definition) is 11. The number of carbonyl (C=O) groups excluding carboxylic acids is 1. The number of phenols is 10. The third kappa shape index (κ3) is 10.8. The third-order valence-electron chi connectivity index (χ3n) is 7.97. The number of phenolic OH excluding ortho intramolecular Hbond substituents is 10. The molecule has 0 saturated heterocycles. The highest BCUT2D eigenvalue weighted by Crippen LogP contribution is 2.40. The van der Waals surface area contributed by atoms with Crippen LogP contribution in [0.3, 0.4) is 0 Å². The second-order valence-electron chi connectivity index (χ2n) is 11.6. The van der Waals surface area contributed by atoms with Gasteiger partial charge in [0, 0.05) is 35.2 Å². The minimum atomic E-state index is -0.359. The highest BCUT2D eigenvalue weighted by Gasteiger charge is 2.21. The molecule has 5 aromatic rings. The largest absolute Gasteiger partial charge is 0.508 e. The maximum atomic E-state index is 11.1. The zero-order valence-corrected chi connectivity index (χ0v) is 28.7. The van der Waals surface area contributed by atoms with Gasteiger partial charge in [0.25, 0.3) is 0 Å². The van der Waals surface area contributed by atoms with Crippen LogP contribution in [0.25, 0.3) is 0 Å². The van der Waals surface area contributed by atoms with E-state index in [0.29, 0.717) is 34.2 Å². The van der Waals surface area contributed by atoms with Crippen LogP contribution in [-0.2, 0) is 60.1 Å². The molecule has 53 heavy (non-hydrogen) atoms. The Balaban J connectivity index is 0.000000660. The molecule has 11 N–H and O–H groups in total. The highest BCUT2D eigenvalue weighted by atomic mass is 16.5. The lowest BCUT2D eigenvalue weighted by molar-refractivity contribution is -0.0980. The molecule has 282 valence electrons. The van der Waals surface area contributed by atoms with Gasteiger partial charge in [-0.25, -0.2) is 0 Å². The van der Waals surface area contributed by atoms with E-state index in [1.54, 1.807) is 12.1 Å². The van der Waals surface area contributed by atoms with E-state index in [1.807, 2.05) is 13.7 Å². The van der Waals surface area contributed by atoms with Crippen LogP contribution in [0.2, 0.25) is 0 Å². The first kappa shape index (κ1) is 41.1. The zero-order valence-electron chi connectivity index (χ0n) is 28.7. The fraction of sp³-hybridized carbons (Fsp3) is 0.205. The van der Waals surface area contributed by atoms with E-state index in [9.17, 15) is 46.0 Å². The molecule has 0 saturated carbocycles. The summed E-state index contributed by atoms with van der Waals surface area (Å²) in [7, 11) is 0. The summed E-state index contributed by atoms with van der Waals surface area (Å²) in [5.74, 6) is -1.57. The van der Waals surface area contributed by atoms with Gasteiger partial charge in [-0.1, -0.05) is 13.0 Å². The van der Waals surface area contributed by atoms with Crippen molar-refractivity contribution in [3.05, 3.63) is 117 Å². The maximum absolute atomic E-state index is 11.1. The van der Waals surface area contributed by atoms with Crippen LogP contribution in [0.5, 0.6) is 57.5 Å². The number of aliphatic hydroxyl groups excluding tert-OH is 1. The smallest absolute Gasteiger partial charge is 0.128 e. The highest BCUT2D eigenvalue weighted by molar-refractivity contribution is 5.57. The predicted octanol–water partition coefficient (Wildman–Crippen LogP) is 5.32. The normalized spacial score (nSPS) is 10.5. The van der Waals surface area contributed by atoms with Crippen molar-refractivity contribution in [3.8, 4) is 57.5 Å². The molecular formula is C39H42O14. The van der Waals surface area contributed by atoms with Crippen molar-refractivity contribution in [1.29, 1.82) is 0 Å². The number of rotatable bonds is 12. The Labute approximate surface area is 304 Å². The molecule has 5 aromatic carbocycles. The number of hydrogen-bond acceptors (Lipinski definition) is 14. The molecule has 0 aliphatic rings. The maximum Gasteiger partial charge on any atom is 0.128 e. The van der Waals surface area contributed by atoms with Gasteiger partial charge in [0.05, 0.1) is 44.2 Å². The average molecular weight is 735 g/mol. The van der Waals surface area contributed by atoms with E-state index < -0.39 is 0 Å². The lowest BCUT2D eigenvalue weighted by Crippen LogP contribution is -2.02. The Bertz CT molecular complexity index is 1950. The number of ether oxygens (including phenoxy) is 2. The van der Waals surface area contributed by atoms with Gasteiger partial charge in [0.15, 0.2) is 0 Å². The molecule has 0 fully saturated rings. The van der Waals surface area contributed by atoms with Crippen molar-refractivity contribution in [2.45, 2.75) is 52.8 Å². The summed E-state index contributed by atoms with van der Waals surface area (Å²) < 4.78 is 11.2. The molecule has 0 radical (unpaired) electrons. The predicted molar refractivity (Wildman–Crippen MR) is 191 cm³/mol. The van der Waals surface area contributed by atoms with Crippen LogP contribution in [0, 0.1) is 0 Å². The second-order valence-corrected chi connectivity index (χ2v) is 11.6. The van der Waals surface area contributed by atoms with E-state index in [1.165, 1.54) is 60.7 Å². The number of aryl methyl sites for hydroxylation is 1. The molecule has 0 amide bonds. The minimum absolute atomic E-state index is 0.0680. The van der Waals surface area contributed by atoms with Gasteiger partial charge in [0.2, 0.25) is 0 Å². The molecule has 0 bridgehead atoms. The summed E-state index contributed by atoms with van der Waals surface area (Å²) in [6.07, 6.45) is 0.302. The van der Waals surface area contributed by atoms with E-state index in [2.05, 4.69) is 0 Å². The summed E-state index contributed by atoms with van der Waals surface area (Å²) in [4.78, 5) is 8.00. The Morgan fingerprint density at radius 3 is 1.57 bits per heavy atom. The number of carbonyl (C=O) groups is 1. The van der Waals surface area contributed by atoms with Gasteiger partial charge in [-0.3, -0.25) is 0 Å². The van der Waals surface area contributed by atoms with Crippen LogP contribution in [0.15, 0.2) is 72.8 Å². The van der Waals surface area contributed by atoms with Crippen molar-refractivity contribution in [3.63, 3.8) is 0 Å². The number of benzene rings is 5. The summed E-state index contributed by atoms with van der Waals surface area (Å²) in [6, 6.07) is 16.9. The first-order valence-electron chi connectivity index (χ1n) is 16.0. The van der Waals surface area contributed by atoms with Crippen LogP contribution in [0.4, 0.5) is 0 Å². The van der Waals surface area contributed by atoms with Crippen LogP contribution >= 0.6 is 0 Å². The number of aromatic hydroxyl groups is 10. The van der Waals surface area contributed by atoms with Crippen molar-refractivity contribution in [2.24, 2.45) is 0 Å². The van der Waals surface area contributed by atoms with E-state index in [-0.39, 0.29) is 114 Å². The van der Waals surface area contributed by atoms with Gasteiger partial charge in [-0.05, 0) is 77.7 Å². The lowest BCUT2D eigenvalue weighted by Gasteiger charge is -2.18. The molecule has 0 aromatic heterocycles. The van der Waals surface area contributed by atoms with Gasteiger partial charge in [-0.15, -0.1) is 0 Å². The van der Waals surface area contributed by atoms with Crippen LogP contribution < -0.4 is 0 Å².